The number of hydrogen-bond donors (Lipinski definition) is 3. The van der Waals surface area contributed by atoms with E-state index in [0.717, 1.165) is 13.2 Å². The first kappa shape index (κ1) is 12.9. The molecule has 2 aliphatic heterocycles. The maximum atomic E-state index is 9.10. The Kier molecular flexibility index (Phi) is 4.70. The highest BCUT2D eigenvalue weighted by Gasteiger charge is 2.35. The monoisotopic (exact) mass is 231 g/mol. The van der Waals surface area contributed by atoms with Crippen molar-refractivity contribution >= 4 is 11.9 Å². The molecule has 0 aliphatic carbocycles. The molecule has 0 bridgehead atoms. The van der Waals surface area contributed by atoms with Gasteiger partial charge in [0.15, 0.2) is 0 Å². The summed E-state index contributed by atoms with van der Waals surface area (Å²) in [7, 11) is 0. The van der Waals surface area contributed by atoms with Crippen molar-refractivity contribution in [3.05, 3.63) is 0 Å². The molecule has 92 valence electrons. The summed E-state index contributed by atoms with van der Waals surface area (Å²) >= 11 is 0. The molecule has 16 heavy (non-hydrogen) atoms. The molecule has 1 spiro atoms. The summed E-state index contributed by atoms with van der Waals surface area (Å²) in [5, 5.41) is 18.2. The van der Waals surface area contributed by atoms with E-state index in [9.17, 15) is 0 Å². The Bertz CT molecular complexity index is 240. The minimum Gasteiger partial charge on any atom is -0.473 e. The molecule has 6 nitrogen and oxygen atoms in total. The van der Waals surface area contributed by atoms with E-state index in [0.29, 0.717) is 0 Å². The van der Waals surface area contributed by atoms with E-state index < -0.39 is 11.9 Å². The van der Waals surface area contributed by atoms with E-state index in [1.54, 1.807) is 0 Å². The summed E-state index contributed by atoms with van der Waals surface area (Å²) in [6, 6.07) is 0. The zero-order valence-electron chi connectivity index (χ0n) is 9.07. The van der Waals surface area contributed by atoms with Crippen LogP contribution >= 0.6 is 0 Å². The van der Waals surface area contributed by atoms with Crippen molar-refractivity contribution in [2.24, 2.45) is 0 Å². The first-order valence-corrected chi connectivity index (χ1v) is 5.37. The number of carboxylic acid groups (broad SMARTS) is 2. The van der Waals surface area contributed by atoms with E-state index in [1.165, 1.54) is 32.2 Å². The van der Waals surface area contributed by atoms with Gasteiger partial charge in [0.25, 0.3) is 0 Å². The molecular weight excluding hydrogens is 214 g/mol. The van der Waals surface area contributed by atoms with Crippen molar-refractivity contribution in [2.75, 3.05) is 19.7 Å². The number of hydrogen-bond acceptors (Lipinski definition) is 4. The molecule has 2 heterocycles. The first-order valence-electron chi connectivity index (χ1n) is 5.37. The van der Waals surface area contributed by atoms with Gasteiger partial charge in [-0.2, -0.15) is 0 Å². The molecule has 6 heteroatoms. The Balaban J connectivity index is 0.000000187. The minimum absolute atomic E-state index is 0.262. The van der Waals surface area contributed by atoms with E-state index in [4.69, 9.17) is 24.5 Å². The number of ether oxygens (including phenoxy) is 1. The van der Waals surface area contributed by atoms with Gasteiger partial charge >= 0.3 is 11.9 Å². The third-order valence-corrected chi connectivity index (χ3v) is 2.80. The average Bonchev–Trinajstić information content (AvgIpc) is 2.68. The van der Waals surface area contributed by atoms with Crippen LogP contribution < -0.4 is 5.32 Å². The van der Waals surface area contributed by atoms with Crippen LogP contribution in [0.15, 0.2) is 0 Å². The SMILES string of the molecule is C1CNCC2(C1)CCCO2.O=C(O)C(=O)O. The number of carboxylic acids is 2. The highest BCUT2D eigenvalue weighted by atomic mass is 16.5. The van der Waals surface area contributed by atoms with Crippen LogP contribution in [0.1, 0.15) is 25.7 Å². The Morgan fingerprint density at radius 2 is 1.75 bits per heavy atom. The molecule has 3 N–H and O–H groups in total. The number of carbonyl (C=O) groups is 2. The van der Waals surface area contributed by atoms with Crippen molar-refractivity contribution < 1.29 is 24.5 Å². The summed E-state index contributed by atoms with van der Waals surface area (Å²) in [6.45, 7) is 3.26. The molecular formula is C10H17NO5. The Morgan fingerprint density at radius 1 is 1.12 bits per heavy atom. The summed E-state index contributed by atoms with van der Waals surface area (Å²) in [4.78, 5) is 18.2. The lowest BCUT2D eigenvalue weighted by molar-refractivity contribution is -0.159. The highest BCUT2D eigenvalue weighted by molar-refractivity contribution is 6.27. The summed E-state index contributed by atoms with van der Waals surface area (Å²) < 4.78 is 5.72. The third kappa shape index (κ3) is 3.79. The smallest absolute Gasteiger partial charge is 0.414 e. The van der Waals surface area contributed by atoms with Crippen molar-refractivity contribution in [1.29, 1.82) is 0 Å². The molecule has 0 aromatic heterocycles. The Morgan fingerprint density at radius 3 is 2.12 bits per heavy atom. The average molecular weight is 231 g/mol. The van der Waals surface area contributed by atoms with Gasteiger partial charge in [0.2, 0.25) is 0 Å². The lowest BCUT2D eigenvalue weighted by atomic mass is 9.91. The topological polar surface area (TPSA) is 95.9 Å². The van der Waals surface area contributed by atoms with Gasteiger partial charge in [-0.05, 0) is 32.2 Å². The van der Waals surface area contributed by atoms with Crippen LogP contribution in [0, 0.1) is 0 Å². The first-order chi connectivity index (χ1) is 7.56. The van der Waals surface area contributed by atoms with Crippen molar-refractivity contribution in [1.82, 2.24) is 5.32 Å². The highest BCUT2D eigenvalue weighted by Crippen LogP contribution is 2.31. The van der Waals surface area contributed by atoms with Crippen LogP contribution in [0.25, 0.3) is 0 Å². The summed E-state index contributed by atoms with van der Waals surface area (Å²) in [6.07, 6.45) is 5.11. The molecule has 0 radical (unpaired) electrons. The quantitative estimate of drug-likeness (QED) is 0.511. The second-order valence-electron chi connectivity index (χ2n) is 4.03. The summed E-state index contributed by atoms with van der Waals surface area (Å²) in [5.74, 6) is -3.65. The summed E-state index contributed by atoms with van der Waals surface area (Å²) in [5.41, 5.74) is 0.262. The molecule has 0 saturated carbocycles. The molecule has 0 aromatic carbocycles. The van der Waals surface area contributed by atoms with E-state index in [2.05, 4.69) is 5.32 Å². The van der Waals surface area contributed by atoms with E-state index in [-0.39, 0.29) is 5.60 Å². The Hall–Kier alpha value is -1.14. The Labute approximate surface area is 93.6 Å². The zero-order chi connectivity index (χ0) is 12.0. The molecule has 2 saturated heterocycles. The fourth-order valence-electron chi connectivity index (χ4n) is 2.03. The molecule has 1 atom stereocenters. The zero-order valence-corrected chi connectivity index (χ0v) is 9.07. The van der Waals surface area contributed by atoms with Gasteiger partial charge in [-0.1, -0.05) is 0 Å². The fourth-order valence-corrected chi connectivity index (χ4v) is 2.03. The van der Waals surface area contributed by atoms with Crippen molar-refractivity contribution in [2.45, 2.75) is 31.3 Å². The van der Waals surface area contributed by atoms with Crippen LogP contribution in [0.3, 0.4) is 0 Å². The maximum Gasteiger partial charge on any atom is 0.414 e. The number of aliphatic carboxylic acids is 2. The third-order valence-electron chi connectivity index (χ3n) is 2.80. The van der Waals surface area contributed by atoms with Gasteiger partial charge in [0.05, 0.1) is 5.60 Å². The van der Waals surface area contributed by atoms with Gasteiger partial charge < -0.3 is 20.3 Å². The molecule has 1 unspecified atom stereocenters. The van der Waals surface area contributed by atoms with Gasteiger partial charge in [-0.15, -0.1) is 0 Å². The van der Waals surface area contributed by atoms with Crippen molar-refractivity contribution in [3.63, 3.8) is 0 Å². The molecule has 2 rings (SSSR count). The van der Waals surface area contributed by atoms with Crippen molar-refractivity contribution in [3.8, 4) is 0 Å². The van der Waals surface area contributed by atoms with E-state index >= 15 is 0 Å². The number of rotatable bonds is 0. The fraction of sp³-hybridized carbons (Fsp3) is 0.800. The number of nitrogens with one attached hydrogen (secondary N) is 1. The van der Waals surface area contributed by atoms with Crippen LogP contribution in [0.4, 0.5) is 0 Å². The second kappa shape index (κ2) is 5.81. The standard InChI is InChI=1S/C8H15NO.C2H2O4/c1-3-8(7-9-5-1)4-2-6-10-8;3-1(4)2(5)6/h9H,1-7H2;(H,3,4)(H,5,6). The molecule has 0 amide bonds. The normalized spacial score (nSPS) is 28.2. The lowest BCUT2D eigenvalue weighted by Crippen LogP contribution is -2.44. The molecule has 2 aliphatic rings. The second-order valence-corrected chi connectivity index (χ2v) is 4.03. The lowest BCUT2D eigenvalue weighted by Gasteiger charge is -2.32. The van der Waals surface area contributed by atoms with Crippen LogP contribution in [0.5, 0.6) is 0 Å². The predicted octanol–water partition coefficient (Wildman–Crippen LogP) is 0.0746. The minimum atomic E-state index is -1.82. The van der Waals surface area contributed by atoms with Gasteiger partial charge in [-0.25, -0.2) is 9.59 Å². The predicted molar refractivity (Wildman–Crippen MR) is 55.3 cm³/mol. The largest absolute Gasteiger partial charge is 0.473 e. The molecule has 2 fully saturated rings. The maximum absolute atomic E-state index is 9.10. The molecule has 0 aromatic rings. The van der Waals surface area contributed by atoms with Gasteiger partial charge in [0, 0.05) is 13.2 Å². The van der Waals surface area contributed by atoms with Gasteiger partial charge in [0.1, 0.15) is 0 Å². The van der Waals surface area contributed by atoms with Crippen LogP contribution in [-0.4, -0.2) is 47.4 Å². The van der Waals surface area contributed by atoms with Crippen LogP contribution in [0.2, 0.25) is 0 Å². The van der Waals surface area contributed by atoms with E-state index in [1.807, 2.05) is 0 Å². The van der Waals surface area contributed by atoms with Crippen LogP contribution in [-0.2, 0) is 14.3 Å². The number of piperidine rings is 1. The van der Waals surface area contributed by atoms with Gasteiger partial charge in [-0.3, -0.25) is 0 Å².